The zero-order chi connectivity index (χ0) is 13.9. The maximum Gasteiger partial charge on any atom is 0.242 e. The lowest BCUT2D eigenvalue weighted by atomic mass is 10.2. The Morgan fingerprint density at radius 2 is 1.89 bits per heavy atom. The number of hydrogen-bond acceptors (Lipinski definition) is 2. The average molecular weight is 464 g/mol. The summed E-state index contributed by atoms with van der Waals surface area (Å²) in [5.74, 6) is 0. The van der Waals surface area contributed by atoms with Crippen LogP contribution in [0.1, 0.15) is 18.9 Å². The molecule has 1 aromatic carbocycles. The highest BCUT2D eigenvalue weighted by Crippen LogP contribution is 2.29. The van der Waals surface area contributed by atoms with Crippen LogP contribution in [0.2, 0.25) is 0 Å². The third-order valence-electron chi connectivity index (χ3n) is 2.50. The van der Waals surface area contributed by atoms with Gasteiger partial charge in [-0.1, -0.05) is 38.8 Å². The lowest BCUT2D eigenvalue weighted by Crippen LogP contribution is -2.35. The second-order valence-corrected chi connectivity index (χ2v) is 7.95. The van der Waals surface area contributed by atoms with Crippen molar-refractivity contribution in [3.8, 4) is 0 Å². The third kappa shape index (κ3) is 4.03. The van der Waals surface area contributed by atoms with Crippen molar-refractivity contribution in [2.75, 3.05) is 5.33 Å². The van der Waals surface area contributed by atoms with Crippen LogP contribution in [0.3, 0.4) is 0 Å². The Balaban J connectivity index is 3.16. The van der Waals surface area contributed by atoms with Crippen molar-refractivity contribution in [2.45, 2.75) is 31.2 Å². The molecule has 7 heteroatoms. The standard InChI is InChI=1S/C11H14Br3NO2S/c1-3-8(6-12)15-18(16,17)11-5-9(13)7(2)4-10(11)14/h4-5,8,15H,3,6H2,1-2H3. The minimum Gasteiger partial charge on any atom is -0.207 e. The van der Waals surface area contributed by atoms with Crippen LogP contribution in [-0.4, -0.2) is 19.8 Å². The molecule has 0 aliphatic heterocycles. The topological polar surface area (TPSA) is 46.2 Å². The summed E-state index contributed by atoms with van der Waals surface area (Å²) in [5, 5.41) is 0.591. The molecule has 0 fully saturated rings. The van der Waals surface area contributed by atoms with Gasteiger partial charge in [-0.15, -0.1) is 0 Å². The molecule has 0 bridgehead atoms. The molecular formula is C11H14Br3NO2S. The van der Waals surface area contributed by atoms with Gasteiger partial charge in [0.15, 0.2) is 0 Å². The fourth-order valence-corrected chi connectivity index (χ4v) is 5.17. The predicted molar refractivity (Wildman–Crippen MR) is 84.8 cm³/mol. The number of halogens is 3. The fraction of sp³-hybridized carbons (Fsp3) is 0.455. The van der Waals surface area contributed by atoms with E-state index in [-0.39, 0.29) is 10.9 Å². The number of hydrogen-bond donors (Lipinski definition) is 1. The summed E-state index contributed by atoms with van der Waals surface area (Å²) in [6.07, 6.45) is 0.731. The number of benzene rings is 1. The van der Waals surface area contributed by atoms with E-state index in [0.29, 0.717) is 9.80 Å². The van der Waals surface area contributed by atoms with Gasteiger partial charge in [-0.2, -0.15) is 0 Å². The van der Waals surface area contributed by atoms with Crippen molar-refractivity contribution in [3.05, 3.63) is 26.6 Å². The molecule has 1 N–H and O–H groups in total. The highest BCUT2D eigenvalue weighted by atomic mass is 79.9. The molecule has 1 unspecified atom stereocenters. The van der Waals surface area contributed by atoms with Crippen LogP contribution in [0.15, 0.2) is 26.0 Å². The van der Waals surface area contributed by atoms with Gasteiger partial charge >= 0.3 is 0 Å². The molecule has 0 spiro atoms. The van der Waals surface area contributed by atoms with E-state index in [1.54, 1.807) is 12.1 Å². The van der Waals surface area contributed by atoms with Crippen molar-refractivity contribution in [1.82, 2.24) is 4.72 Å². The molecule has 0 amide bonds. The van der Waals surface area contributed by atoms with Crippen LogP contribution in [0, 0.1) is 6.92 Å². The fourth-order valence-electron chi connectivity index (χ4n) is 1.34. The Bertz CT molecular complexity index is 527. The zero-order valence-electron chi connectivity index (χ0n) is 10.0. The summed E-state index contributed by atoms with van der Waals surface area (Å²) in [5.41, 5.74) is 0.980. The van der Waals surface area contributed by atoms with Crippen molar-refractivity contribution in [2.24, 2.45) is 0 Å². The summed E-state index contributed by atoms with van der Waals surface area (Å²) >= 11 is 9.95. The predicted octanol–water partition coefficient (Wildman–Crippen LogP) is 3.97. The first-order valence-electron chi connectivity index (χ1n) is 5.35. The van der Waals surface area contributed by atoms with Gasteiger partial charge in [-0.25, -0.2) is 13.1 Å². The van der Waals surface area contributed by atoms with Crippen molar-refractivity contribution < 1.29 is 8.42 Å². The molecule has 1 aromatic rings. The molecule has 102 valence electrons. The van der Waals surface area contributed by atoms with Gasteiger partial charge in [0.25, 0.3) is 0 Å². The van der Waals surface area contributed by atoms with Crippen LogP contribution in [0.25, 0.3) is 0 Å². The maximum absolute atomic E-state index is 12.3. The van der Waals surface area contributed by atoms with Crippen LogP contribution in [0.5, 0.6) is 0 Å². The second-order valence-electron chi connectivity index (χ2n) is 3.91. The van der Waals surface area contributed by atoms with E-state index in [2.05, 4.69) is 52.5 Å². The minimum atomic E-state index is -3.51. The Hall–Kier alpha value is 0.570. The Morgan fingerprint density at radius 1 is 1.28 bits per heavy atom. The van der Waals surface area contributed by atoms with Crippen LogP contribution < -0.4 is 4.72 Å². The maximum atomic E-state index is 12.3. The molecule has 0 aromatic heterocycles. The summed E-state index contributed by atoms with van der Waals surface area (Å²) in [4.78, 5) is 0.249. The summed E-state index contributed by atoms with van der Waals surface area (Å²) in [7, 11) is -3.51. The highest BCUT2D eigenvalue weighted by molar-refractivity contribution is 9.11. The third-order valence-corrected chi connectivity index (χ3v) is 6.62. The van der Waals surface area contributed by atoms with E-state index in [0.717, 1.165) is 16.5 Å². The molecule has 0 aliphatic carbocycles. The van der Waals surface area contributed by atoms with Gasteiger partial charge in [0.2, 0.25) is 10.0 Å². The van der Waals surface area contributed by atoms with Gasteiger partial charge in [-0.3, -0.25) is 0 Å². The smallest absolute Gasteiger partial charge is 0.207 e. The van der Waals surface area contributed by atoms with E-state index in [1.165, 1.54) is 0 Å². The zero-order valence-corrected chi connectivity index (χ0v) is 15.6. The van der Waals surface area contributed by atoms with Crippen LogP contribution >= 0.6 is 47.8 Å². The molecule has 1 rings (SSSR count). The summed E-state index contributed by atoms with van der Waals surface area (Å²) < 4.78 is 28.5. The van der Waals surface area contributed by atoms with Gasteiger partial charge in [0.1, 0.15) is 0 Å². The Morgan fingerprint density at radius 3 is 2.39 bits per heavy atom. The number of rotatable bonds is 5. The minimum absolute atomic E-state index is 0.109. The molecule has 18 heavy (non-hydrogen) atoms. The van der Waals surface area contributed by atoms with E-state index >= 15 is 0 Å². The summed E-state index contributed by atoms with van der Waals surface area (Å²) in [6, 6.07) is 3.29. The van der Waals surface area contributed by atoms with Crippen LogP contribution in [0.4, 0.5) is 0 Å². The lowest BCUT2D eigenvalue weighted by Gasteiger charge is -2.16. The Kier molecular flexibility index (Phi) is 6.31. The first-order chi connectivity index (χ1) is 8.31. The normalized spacial score (nSPS) is 13.6. The van der Waals surface area contributed by atoms with Crippen molar-refractivity contribution in [1.29, 1.82) is 0 Å². The van der Waals surface area contributed by atoms with Gasteiger partial charge < -0.3 is 0 Å². The molecule has 0 aliphatic rings. The SMILES string of the molecule is CCC(CBr)NS(=O)(=O)c1cc(Br)c(C)cc1Br. The molecule has 0 saturated heterocycles. The monoisotopic (exact) mass is 461 g/mol. The second kappa shape index (κ2) is 6.83. The number of sulfonamides is 1. The first-order valence-corrected chi connectivity index (χ1v) is 9.54. The molecule has 3 nitrogen and oxygen atoms in total. The van der Waals surface area contributed by atoms with Gasteiger partial charge in [-0.05, 0) is 47.0 Å². The van der Waals surface area contributed by atoms with E-state index < -0.39 is 10.0 Å². The van der Waals surface area contributed by atoms with E-state index in [9.17, 15) is 8.42 Å². The van der Waals surface area contributed by atoms with E-state index in [1.807, 2.05) is 13.8 Å². The number of alkyl halides is 1. The molecule has 1 atom stereocenters. The molecule has 0 radical (unpaired) electrons. The molecule has 0 heterocycles. The molecule has 0 saturated carbocycles. The van der Waals surface area contributed by atoms with Crippen molar-refractivity contribution >= 4 is 57.8 Å². The summed E-state index contributed by atoms with van der Waals surface area (Å²) in [6.45, 7) is 3.85. The lowest BCUT2D eigenvalue weighted by molar-refractivity contribution is 0.558. The van der Waals surface area contributed by atoms with Gasteiger partial charge in [0.05, 0.1) is 4.90 Å². The molecular weight excluding hydrogens is 450 g/mol. The van der Waals surface area contributed by atoms with E-state index in [4.69, 9.17) is 0 Å². The highest BCUT2D eigenvalue weighted by Gasteiger charge is 2.21. The number of aryl methyl sites for hydroxylation is 1. The average Bonchev–Trinajstić information content (AvgIpc) is 2.30. The van der Waals surface area contributed by atoms with Gasteiger partial charge in [0, 0.05) is 20.3 Å². The first kappa shape index (κ1) is 16.6. The van der Waals surface area contributed by atoms with Crippen LogP contribution in [-0.2, 0) is 10.0 Å². The number of nitrogens with one attached hydrogen (secondary N) is 1. The largest absolute Gasteiger partial charge is 0.242 e. The Labute approximate surface area is 133 Å². The quantitative estimate of drug-likeness (QED) is 0.671. The van der Waals surface area contributed by atoms with Crippen molar-refractivity contribution in [3.63, 3.8) is 0 Å².